The summed E-state index contributed by atoms with van der Waals surface area (Å²) in [5.74, 6) is -0.385. The lowest BCUT2D eigenvalue weighted by atomic mass is 10.1. The fourth-order valence-electron chi connectivity index (χ4n) is 1.12. The van der Waals surface area contributed by atoms with Gasteiger partial charge in [-0.05, 0) is 32.4 Å². The van der Waals surface area contributed by atoms with Crippen LogP contribution in [-0.4, -0.2) is 17.6 Å². The third-order valence-electron chi connectivity index (χ3n) is 1.75. The Morgan fingerprint density at radius 3 is 2.73 bits per heavy atom. The molecule has 84 valence electrons. The van der Waals surface area contributed by atoms with E-state index in [9.17, 15) is 4.79 Å². The van der Waals surface area contributed by atoms with Crippen LogP contribution in [-0.2, 0) is 16.0 Å². The molecule has 0 bridgehead atoms. The second-order valence-corrected chi connectivity index (χ2v) is 4.48. The summed E-state index contributed by atoms with van der Waals surface area (Å²) in [6.45, 7) is 5.44. The van der Waals surface area contributed by atoms with E-state index < -0.39 is 11.6 Å². The van der Waals surface area contributed by atoms with E-state index in [0.717, 1.165) is 5.56 Å². The lowest BCUT2D eigenvalue weighted by Crippen LogP contribution is -2.38. The molecule has 0 spiro atoms. The predicted molar refractivity (Wildman–Crippen MR) is 56.2 cm³/mol. The van der Waals surface area contributed by atoms with E-state index in [1.54, 1.807) is 18.6 Å². The molecular formula is C11H17NO3. The standard InChI is InChI=1S/C11H17NO3/c1-11(2,3)15-10(13)9(12)6-8-4-5-14-7-8/h4-5,7,9H,6,12H2,1-3H3/t9-/m0/s1. The lowest BCUT2D eigenvalue weighted by molar-refractivity contribution is -0.156. The van der Waals surface area contributed by atoms with Crippen molar-refractivity contribution >= 4 is 5.97 Å². The minimum absolute atomic E-state index is 0.385. The zero-order valence-electron chi connectivity index (χ0n) is 9.32. The van der Waals surface area contributed by atoms with E-state index >= 15 is 0 Å². The van der Waals surface area contributed by atoms with Crippen molar-refractivity contribution in [3.63, 3.8) is 0 Å². The first-order chi connectivity index (χ1) is 6.88. The van der Waals surface area contributed by atoms with Crippen molar-refractivity contribution in [2.24, 2.45) is 5.73 Å². The van der Waals surface area contributed by atoms with Crippen LogP contribution in [0.3, 0.4) is 0 Å². The Labute approximate surface area is 89.4 Å². The van der Waals surface area contributed by atoms with Gasteiger partial charge < -0.3 is 14.9 Å². The maximum Gasteiger partial charge on any atom is 0.323 e. The highest BCUT2D eigenvalue weighted by atomic mass is 16.6. The van der Waals surface area contributed by atoms with Crippen LogP contribution < -0.4 is 5.73 Å². The summed E-state index contributed by atoms with van der Waals surface area (Å²) in [4.78, 5) is 11.5. The van der Waals surface area contributed by atoms with E-state index in [2.05, 4.69) is 0 Å². The van der Waals surface area contributed by atoms with Gasteiger partial charge in [0.05, 0.1) is 12.5 Å². The van der Waals surface area contributed by atoms with Crippen LogP contribution in [0.4, 0.5) is 0 Å². The molecule has 2 N–H and O–H groups in total. The van der Waals surface area contributed by atoms with Gasteiger partial charge in [0.15, 0.2) is 0 Å². The SMILES string of the molecule is CC(C)(C)OC(=O)[C@@H](N)Cc1ccoc1. The summed E-state index contributed by atoms with van der Waals surface area (Å²) >= 11 is 0. The number of esters is 1. The van der Waals surface area contributed by atoms with Gasteiger partial charge in [0.1, 0.15) is 11.6 Å². The highest BCUT2D eigenvalue weighted by molar-refractivity contribution is 5.76. The molecule has 0 unspecified atom stereocenters. The van der Waals surface area contributed by atoms with Crippen molar-refractivity contribution < 1.29 is 13.9 Å². The average molecular weight is 211 g/mol. The lowest BCUT2D eigenvalue weighted by Gasteiger charge is -2.21. The number of furan rings is 1. The Bertz CT molecular complexity index is 311. The van der Waals surface area contributed by atoms with Gasteiger partial charge in [0, 0.05) is 6.42 Å². The second kappa shape index (κ2) is 4.49. The summed E-state index contributed by atoms with van der Waals surface area (Å²) in [5.41, 5.74) is 6.10. The summed E-state index contributed by atoms with van der Waals surface area (Å²) in [7, 11) is 0. The molecule has 0 saturated heterocycles. The summed E-state index contributed by atoms with van der Waals surface area (Å²) < 4.78 is 10.0. The Morgan fingerprint density at radius 1 is 1.60 bits per heavy atom. The molecule has 4 nitrogen and oxygen atoms in total. The first-order valence-corrected chi connectivity index (χ1v) is 4.88. The molecule has 0 radical (unpaired) electrons. The smallest absolute Gasteiger partial charge is 0.323 e. The van der Waals surface area contributed by atoms with Crippen molar-refractivity contribution in [1.29, 1.82) is 0 Å². The molecule has 0 aromatic carbocycles. The largest absolute Gasteiger partial charge is 0.472 e. The van der Waals surface area contributed by atoms with Crippen molar-refractivity contribution in [2.45, 2.75) is 38.8 Å². The topological polar surface area (TPSA) is 65.5 Å². The van der Waals surface area contributed by atoms with Crippen LogP contribution in [0.2, 0.25) is 0 Å². The first-order valence-electron chi connectivity index (χ1n) is 4.88. The van der Waals surface area contributed by atoms with Crippen LogP contribution in [0.5, 0.6) is 0 Å². The minimum Gasteiger partial charge on any atom is -0.472 e. The number of nitrogens with two attached hydrogens (primary N) is 1. The normalized spacial score (nSPS) is 13.6. The molecule has 1 atom stereocenters. The Hall–Kier alpha value is -1.29. The van der Waals surface area contributed by atoms with Crippen LogP contribution in [0.15, 0.2) is 23.0 Å². The predicted octanol–water partition coefficient (Wildman–Crippen LogP) is 1.49. The van der Waals surface area contributed by atoms with Gasteiger partial charge in [-0.15, -0.1) is 0 Å². The molecule has 0 saturated carbocycles. The summed E-state index contributed by atoms with van der Waals surface area (Å²) in [5, 5.41) is 0. The first kappa shape index (κ1) is 11.8. The monoisotopic (exact) mass is 211 g/mol. The van der Waals surface area contributed by atoms with Gasteiger partial charge in [-0.25, -0.2) is 0 Å². The third-order valence-corrected chi connectivity index (χ3v) is 1.75. The van der Waals surface area contributed by atoms with E-state index in [4.69, 9.17) is 14.9 Å². The van der Waals surface area contributed by atoms with Gasteiger partial charge >= 0.3 is 5.97 Å². The molecule has 0 aliphatic carbocycles. The van der Waals surface area contributed by atoms with Crippen molar-refractivity contribution in [3.05, 3.63) is 24.2 Å². The Kier molecular flexibility index (Phi) is 3.52. The highest BCUT2D eigenvalue weighted by Gasteiger charge is 2.22. The van der Waals surface area contributed by atoms with Crippen LogP contribution in [0.1, 0.15) is 26.3 Å². The molecular weight excluding hydrogens is 194 g/mol. The molecule has 1 rings (SSSR count). The molecule has 15 heavy (non-hydrogen) atoms. The van der Waals surface area contributed by atoms with Gasteiger partial charge in [0.25, 0.3) is 0 Å². The quantitative estimate of drug-likeness (QED) is 0.769. The maximum absolute atomic E-state index is 11.5. The Morgan fingerprint density at radius 2 is 2.27 bits per heavy atom. The van der Waals surface area contributed by atoms with Crippen LogP contribution in [0.25, 0.3) is 0 Å². The number of carbonyl (C=O) groups excluding carboxylic acids is 1. The zero-order valence-corrected chi connectivity index (χ0v) is 9.32. The van der Waals surface area contributed by atoms with E-state index in [1.807, 2.05) is 20.8 Å². The third kappa shape index (κ3) is 4.16. The maximum atomic E-state index is 11.5. The van der Waals surface area contributed by atoms with Crippen molar-refractivity contribution in [2.75, 3.05) is 0 Å². The van der Waals surface area contributed by atoms with Gasteiger partial charge in [-0.3, -0.25) is 4.79 Å². The van der Waals surface area contributed by atoms with Gasteiger partial charge in [0.2, 0.25) is 0 Å². The fraction of sp³-hybridized carbons (Fsp3) is 0.545. The zero-order chi connectivity index (χ0) is 11.5. The highest BCUT2D eigenvalue weighted by Crippen LogP contribution is 2.10. The van der Waals surface area contributed by atoms with E-state index in [1.165, 1.54) is 0 Å². The molecule has 1 aromatic rings. The molecule has 0 aliphatic rings. The molecule has 0 amide bonds. The van der Waals surface area contributed by atoms with E-state index in [-0.39, 0.29) is 5.97 Å². The van der Waals surface area contributed by atoms with Crippen molar-refractivity contribution in [3.8, 4) is 0 Å². The van der Waals surface area contributed by atoms with Gasteiger partial charge in [-0.1, -0.05) is 0 Å². The molecule has 1 heterocycles. The second-order valence-electron chi connectivity index (χ2n) is 4.48. The molecule has 0 fully saturated rings. The van der Waals surface area contributed by atoms with Crippen LogP contribution >= 0.6 is 0 Å². The molecule has 4 heteroatoms. The van der Waals surface area contributed by atoms with Crippen LogP contribution in [0, 0.1) is 0 Å². The average Bonchev–Trinajstić information content (AvgIpc) is 2.53. The summed E-state index contributed by atoms with van der Waals surface area (Å²) in [6, 6.07) is 1.14. The van der Waals surface area contributed by atoms with Gasteiger partial charge in [-0.2, -0.15) is 0 Å². The fourth-order valence-corrected chi connectivity index (χ4v) is 1.12. The number of hydrogen-bond donors (Lipinski definition) is 1. The number of carbonyl (C=O) groups is 1. The number of ether oxygens (including phenoxy) is 1. The summed E-state index contributed by atoms with van der Waals surface area (Å²) in [6.07, 6.45) is 3.56. The number of hydrogen-bond acceptors (Lipinski definition) is 4. The molecule has 1 aromatic heterocycles. The Balaban J connectivity index is 2.47. The minimum atomic E-state index is -0.637. The molecule has 0 aliphatic heterocycles. The number of rotatable bonds is 3. The van der Waals surface area contributed by atoms with E-state index in [0.29, 0.717) is 6.42 Å². The van der Waals surface area contributed by atoms with Crippen molar-refractivity contribution in [1.82, 2.24) is 0 Å².